The molecule has 11 heavy (non-hydrogen) atoms. The van der Waals surface area contributed by atoms with Crippen molar-refractivity contribution in [2.75, 3.05) is 0 Å². The van der Waals surface area contributed by atoms with Gasteiger partial charge in [-0.05, 0) is 19.4 Å². The highest BCUT2D eigenvalue weighted by Gasteiger charge is 2.08. The minimum atomic E-state index is -0.0214. The van der Waals surface area contributed by atoms with Gasteiger partial charge in [-0.1, -0.05) is 0 Å². The lowest BCUT2D eigenvalue weighted by Crippen LogP contribution is -1.92. The molecule has 0 aromatic carbocycles. The fraction of sp³-hybridized carbons (Fsp3) is 0.250. The summed E-state index contributed by atoms with van der Waals surface area (Å²) in [6.07, 6.45) is 2.27. The van der Waals surface area contributed by atoms with E-state index in [0.717, 1.165) is 5.56 Å². The Morgan fingerprint density at radius 1 is 1.64 bits per heavy atom. The number of H-pyrrole nitrogens is 1. The van der Waals surface area contributed by atoms with E-state index in [9.17, 15) is 9.59 Å². The van der Waals surface area contributed by atoms with Crippen molar-refractivity contribution in [3.63, 3.8) is 0 Å². The average molecular weight is 151 g/mol. The molecule has 0 spiro atoms. The van der Waals surface area contributed by atoms with Crippen LogP contribution in [-0.4, -0.2) is 17.1 Å². The van der Waals surface area contributed by atoms with Gasteiger partial charge in [0.05, 0.1) is 5.69 Å². The molecule has 0 radical (unpaired) electrons. The first-order valence-corrected chi connectivity index (χ1v) is 3.31. The third-order valence-corrected chi connectivity index (χ3v) is 1.68. The minimum Gasteiger partial charge on any atom is -0.358 e. The molecule has 0 aliphatic carbocycles. The summed E-state index contributed by atoms with van der Waals surface area (Å²) in [6, 6.07) is 0. The molecule has 1 rings (SSSR count). The van der Waals surface area contributed by atoms with E-state index in [4.69, 9.17) is 0 Å². The Morgan fingerprint density at radius 2 is 2.27 bits per heavy atom. The lowest BCUT2D eigenvalue weighted by atomic mass is 10.1. The van der Waals surface area contributed by atoms with Crippen molar-refractivity contribution in [3.8, 4) is 0 Å². The van der Waals surface area contributed by atoms with Crippen LogP contribution in [0.4, 0.5) is 0 Å². The second kappa shape index (κ2) is 2.70. The predicted molar refractivity (Wildman–Crippen MR) is 40.9 cm³/mol. The maximum atomic E-state index is 10.9. The molecule has 0 atom stereocenters. The highest BCUT2D eigenvalue weighted by molar-refractivity contribution is 5.97. The van der Waals surface area contributed by atoms with Crippen LogP contribution in [-0.2, 0) is 0 Å². The number of aromatic nitrogens is 1. The molecule has 0 aliphatic heterocycles. The van der Waals surface area contributed by atoms with Crippen LogP contribution in [0.25, 0.3) is 0 Å². The van der Waals surface area contributed by atoms with E-state index in [0.29, 0.717) is 17.5 Å². The number of ketones is 1. The molecule has 1 heterocycles. The molecule has 0 bridgehead atoms. The lowest BCUT2D eigenvalue weighted by Gasteiger charge is -1.90. The third kappa shape index (κ3) is 1.22. The smallest absolute Gasteiger partial charge is 0.166 e. The summed E-state index contributed by atoms with van der Waals surface area (Å²) in [5, 5.41) is 0. The zero-order chi connectivity index (χ0) is 8.43. The molecule has 3 heteroatoms. The number of carbonyl (C=O) groups excluding carboxylic acids is 2. The molecule has 0 fully saturated rings. The number of carbonyl (C=O) groups is 2. The van der Waals surface area contributed by atoms with Gasteiger partial charge in [0.15, 0.2) is 12.1 Å². The number of hydrogen-bond acceptors (Lipinski definition) is 2. The molecule has 1 N–H and O–H groups in total. The van der Waals surface area contributed by atoms with Gasteiger partial charge < -0.3 is 4.98 Å². The van der Waals surface area contributed by atoms with E-state index in [1.807, 2.05) is 0 Å². The summed E-state index contributed by atoms with van der Waals surface area (Å²) in [6.45, 7) is 3.22. The summed E-state index contributed by atoms with van der Waals surface area (Å²) in [4.78, 5) is 23.9. The average Bonchev–Trinajstić information content (AvgIpc) is 2.30. The summed E-state index contributed by atoms with van der Waals surface area (Å²) in [5.41, 5.74) is 1.80. The normalized spacial score (nSPS) is 9.64. The van der Waals surface area contributed by atoms with E-state index in [2.05, 4.69) is 4.98 Å². The molecule has 1 aromatic rings. The monoisotopic (exact) mass is 151 g/mol. The summed E-state index contributed by atoms with van der Waals surface area (Å²) in [5.74, 6) is -0.0214. The number of Topliss-reactive ketones (excluding diaryl/α,β-unsaturated/α-hetero) is 1. The first-order valence-electron chi connectivity index (χ1n) is 3.31. The van der Waals surface area contributed by atoms with Gasteiger partial charge in [0.25, 0.3) is 0 Å². The Bertz CT molecular complexity index is 299. The fourth-order valence-corrected chi connectivity index (χ4v) is 1.000. The first kappa shape index (κ1) is 7.72. The molecule has 0 unspecified atom stereocenters. The Kier molecular flexibility index (Phi) is 1.89. The standard InChI is InChI=1S/C8H9NO2/c1-5-7(6(2)11)3-9-8(5)4-10/h3-4,9H,1-2H3. The van der Waals surface area contributed by atoms with E-state index < -0.39 is 0 Å². The summed E-state index contributed by atoms with van der Waals surface area (Å²) >= 11 is 0. The van der Waals surface area contributed by atoms with Gasteiger partial charge in [0, 0.05) is 11.8 Å². The van der Waals surface area contributed by atoms with E-state index in [1.54, 1.807) is 13.1 Å². The second-order valence-corrected chi connectivity index (χ2v) is 2.42. The van der Waals surface area contributed by atoms with Crippen LogP contribution in [0.3, 0.4) is 0 Å². The molecular weight excluding hydrogens is 142 g/mol. The maximum Gasteiger partial charge on any atom is 0.166 e. The zero-order valence-electron chi connectivity index (χ0n) is 6.47. The van der Waals surface area contributed by atoms with Gasteiger partial charge in [-0.3, -0.25) is 9.59 Å². The SMILES string of the molecule is CC(=O)c1c[nH]c(C=O)c1C. The highest BCUT2D eigenvalue weighted by atomic mass is 16.1. The van der Waals surface area contributed by atoms with Crippen molar-refractivity contribution in [1.29, 1.82) is 0 Å². The van der Waals surface area contributed by atoms with Crippen LogP contribution in [0.1, 0.15) is 33.3 Å². The zero-order valence-corrected chi connectivity index (χ0v) is 6.47. The molecule has 58 valence electrons. The van der Waals surface area contributed by atoms with Crippen LogP contribution in [0.5, 0.6) is 0 Å². The van der Waals surface area contributed by atoms with E-state index >= 15 is 0 Å². The number of hydrogen-bond donors (Lipinski definition) is 1. The number of aldehydes is 1. The Hall–Kier alpha value is -1.38. The highest BCUT2D eigenvalue weighted by Crippen LogP contribution is 2.10. The van der Waals surface area contributed by atoms with Crippen molar-refractivity contribution in [2.45, 2.75) is 13.8 Å². The molecule has 0 saturated heterocycles. The van der Waals surface area contributed by atoms with Crippen LogP contribution in [0, 0.1) is 6.92 Å². The fourth-order valence-electron chi connectivity index (χ4n) is 1.000. The van der Waals surface area contributed by atoms with Gasteiger partial charge in [-0.2, -0.15) is 0 Å². The summed E-state index contributed by atoms with van der Waals surface area (Å²) < 4.78 is 0. The van der Waals surface area contributed by atoms with Crippen molar-refractivity contribution >= 4 is 12.1 Å². The molecule has 0 aliphatic rings. The van der Waals surface area contributed by atoms with Gasteiger partial charge in [0.1, 0.15) is 0 Å². The van der Waals surface area contributed by atoms with Gasteiger partial charge in [0.2, 0.25) is 0 Å². The topological polar surface area (TPSA) is 49.9 Å². The minimum absolute atomic E-state index is 0.0214. The number of nitrogens with one attached hydrogen (secondary N) is 1. The Balaban J connectivity index is 3.20. The quantitative estimate of drug-likeness (QED) is 0.512. The second-order valence-electron chi connectivity index (χ2n) is 2.42. The number of aromatic amines is 1. The Morgan fingerprint density at radius 3 is 2.55 bits per heavy atom. The van der Waals surface area contributed by atoms with Gasteiger partial charge >= 0.3 is 0 Å². The van der Waals surface area contributed by atoms with Crippen molar-refractivity contribution in [3.05, 3.63) is 23.0 Å². The van der Waals surface area contributed by atoms with E-state index in [1.165, 1.54) is 6.92 Å². The molecular formula is C8H9NO2. The molecule has 1 aromatic heterocycles. The van der Waals surface area contributed by atoms with Crippen molar-refractivity contribution in [1.82, 2.24) is 4.98 Å². The van der Waals surface area contributed by atoms with Crippen LogP contribution in [0.15, 0.2) is 6.20 Å². The van der Waals surface area contributed by atoms with Crippen molar-refractivity contribution < 1.29 is 9.59 Å². The molecule has 0 saturated carbocycles. The molecule has 3 nitrogen and oxygen atoms in total. The Labute approximate surface area is 64.4 Å². The maximum absolute atomic E-state index is 10.9. The van der Waals surface area contributed by atoms with Gasteiger partial charge in [-0.15, -0.1) is 0 Å². The largest absolute Gasteiger partial charge is 0.358 e. The lowest BCUT2D eigenvalue weighted by molar-refractivity contribution is 0.101. The van der Waals surface area contributed by atoms with Crippen LogP contribution >= 0.6 is 0 Å². The van der Waals surface area contributed by atoms with Crippen LogP contribution < -0.4 is 0 Å². The number of rotatable bonds is 2. The van der Waals surface area contributed by atoms with Crippen LogP contribution in [0.2, 0.25) is 0 Å². The van der Waals surface area contributed by atoms with Gasteiger partial charge in [-0.25, -0.2) is 0 Å². The first-order chi connectivity index (χ1) is 5.16. The molecule has 0 amide bonds. The summed E-state index contributed by atoms with van der Waals surface area (Å²) in [7, 11) is 0. The van der Waals surface area contributed by atoms with Crippen molar-refractivity contribution in [2.24, 2.45) is 0 Å². The third-order valence-electron chi connectivity index (χ3n) is 1.68. The van der Waals surface area contributed by atoms with E-state index in [-0.39, 0.29) is 5.78 Å². The predicted octanol–water partition coefficient (Wildman–Crippen LogP) is 1.34.